The number of rotatable bonds is 2. The van der Waals surface area contributed by atoms with Gasteiger partial charge in [-0.1, -0.05) is 60.2 Å². The molecule has 0 spiro atoms. The minimum absolute atomic E-state index is 0.141. The predicted molar refractivity (Wildman–Crippen MR) is 87.4 cm³/mol. The van der Waals surface area contributed by atoms with E-state index in [-0.39, 0.29) is 11.1 Å². The lowest BCUT2D eigenvalue weighted by Gasteiger charge is -2.08. The third-order valence-electron chi connectivity index (χ3n) is 3.59. The summed E-state index contributed by atoms with van der Waals surface area (Å²) in [4.78, 5) is 15.0. The summed E-state index contributed by atoms with van der Waals surface area (Å²) in [6, 6.07) is 21.3. The van der Waals surface area contributed by atoms with Crippen LogP contribution in [0.15, 0.2) is 65.5 Å². The molecular weight excluding hydrogens is 272 g/mol. The molecule has 3 heteroatoms. The molecule has 1 aromatic heterocycles. The molecule has 0 unspecified atom stereocenters. The summed E-state index contributed by atoms with van der Waals surface area (Å²) in [5.41, 5.74) is 4.08. The smallest absolute Gasteiger partial charge is 0.266 e. The van der Waals surface area contributed by atoms with Gasteiger partial charge in [-0.15, -0.1) is 0 Å². The highest BCUT2D eigenvalue weighted by Crippen LogP contribution is 2.25. The quantitative estimate of drug-likeness (QED) is 0.777. The van der Waals surface area contributed by atoms with Crippen LogP contribution in [0.3, 0.4) is 0 Å². The van der Waals surface area contributed by atoms with Crippen molar-refractivity contribution in [2.45, 2.75) is 6.92 Å². The zero-order valence-electron chi connectivity index (χ0n) is 12.1. The first-order valence-corrected chi connectivity index (χ1v) is 6.99. The van der Waals surface area contributed by atoms with Gasteiger partial charge in [-0.05, 0) is 24.1 Å². The number of benzene rings is 2. The van der Waals surface area contributed by atoms with Crippen LogP contribution >= 0.6 is 0 Å². The number of hydrogen-bond acceptors (Lipinski definition) is 2. The Morgan fingerprint density at radius 1 is 0.955 bits per heavy atom. The number of hydrogen-bond donors (Lipinski definition) is 1. The predicted octanol–water partition coefficient (Wildman–Crippen LogP) is 3.89. The molecule has 2 aromatic carbocycles. The van der Waals surface area contributed by atoms with Crippen molar-refractivity contribution in [2.75, 3.05) is 0 Å². The van der Waals surface area contributed by atoms with Crippen LogP contribution in [-0.2, 0) is 0 Å². The molecular formula is C19H14N2O. The number of pyridine rings is 1. The second-order valence-corrected chi connectivity index (χ2v) is 5.14. The van der Waals surface area contributed by atoms with Gasteiger partial charge < -0.3 is 4.98 Å². The topological polar surface area (TPSA) is 56.6 Å². The Balaban J connectivity index is 2.24. The van der Waals surface area contributed by atoms with Crippen molar-refractivity contribution in [1.82, 2.24) is 4.98 Å². The molecule has 22 heavy (non-hydrogen) atoms. The number of nitrogens with zero attached hydrogens (tertiary/aromatic N) is 1. The van der Waals surface area contributed by atoms with Crippen molar-refractivity contribution in [3.05, 3.63) is 82.1 Å². The zero-order chi connectivity index (χ0) is 15.5. The zero-order valence-corrected chi connectivity index (χ0v) is 12.1. The molecule has 0 aliphatic rings. The minimum Gasteiger partial charge on any atom is -0.321 e. The summed E-state index contributed by atoms with van der Waals surface area (Å²) in [6.45, 7) is 2.01. The van der Waals surface area contributed by atoms with Gasteiger partial charge >= 0.3 is 0 Å². The summed E-state index contributed by atoms with van der Waals surface area (Å²) >= 11 is 0. The van der Waals surface area contributed by atoms with Gasteiger partial charge in [0, 0.05) is 11.3 Å². The van der Waals surface area contributed by atoms with Gasteiger partial charge in [0.2, 0.25) is 0 Å². The van der Waals surface area contributed by atoms with Gasteiger partial charge in [-0.25, -0.2) is 0 Å². The average molecular weight is 286 g/mol. The lowest BCUT2D eigenvalue weighted by atomic mass is 9.99. The highest BCUT2D eigenvalue weighted by molar-refractivity contribution is 5.75. The van der Waals surface area contributed by atoms with E-state index in [1.54, 1.807) is 0 Å². The maximum absolute atomic E-state index is 12.2. The van der Waals surface area contributed by atoms with Crippen LogP contribution in [0.5, 0.6) is 0 Å². The van der Waals surface area contributed by atoms with Crippen LogP contribution in [0, 0.1) is 18.3 Å². The fourth-order valence-corrected chi connectivity index (χ4v) is 2.40. The van der Waals surface area contributed by atoms with Crippen LogP contribution in [0.1, 0.15) is 11.1 Å². The van der Waals surface area contributed by atoms with Crippen LogP contribution in [0.25, 0.3) is 22.4 Å². The molecule has 1 N–H and O–H groups in total. The highest BCUT2D eigenvalue weighted by atomic mass is 16.1. The van der Waals surface area contributed by atoms with Crippen molar-refractivity contribution in [3.8, 4) is 28.5 Å². The number of nitriles is 1. The van der Waals surface area contributed by atoms with E-state index in [0.29, 0.717) is 11.3 Å². The molecule has 106 valence electrons. The first kappa shape index (κ1) is 13.8. The average Bonchev–Trinajstić information content (AvgIpc) is 2.55. The molecule has 0 saturated heterocycles. The SMILES string of the molecule is Cc1ccc(-c2cc(-c3ccccc3)c(C#N)c(=O)[nH]2)cc1. The van der Waals surface area contributed by atoms with Crippen LogP contribution in [0.2, 0.25) is 0 Å². The lowest BCUT2D eigenvalue weighted by Crippen LogP contribution is -2.12. The summed E-state index contributed by atoms with van der Waals surface area (Å²) in [5, 5.41) is 9.29. The molecule has 3 nitrogen and oxygen atoms in total. The summed E-state index contributed by atoms with van der Waals surface area (Å²) in [5.74, 6) is 0. The number of H-pyrrole nitrogens is 1. The molecule has 0 bridgehead atoms. The van der Waals surface area contributed by atoms with E-state index in [2.05, 4.69) is 4.98 Å². The number of aryl methyl sites for hydroxylation is 1. The van der Waals surface area contributed by atoms with Gasteiger partial charge in [0.05, 0.1) is 0 Å². The standard InChI is InChI=1S/C19H14N2O/c1-13-7-9-15(10-8-13)18-11-16(14-5-3-2-4-6-14)17(12-20)19(22)21-18/h2-11H,1H3,(H,21,22). The van der Waals surface area contributed by atoms with Crippen LogP contribution < -0.4 is 5.56 Å². The van der Waals surface area contributed by atoms with Crippen molar-refractivity contribution in [2.24, 2.45) is 0 Å². The molecule has 3 aromatic rings. The molecule has 0 atom stereocenters. The molecule has 0 amide bonds. The molecule has 0 aliphatic heterocycles. The van der Waals surface area contributed by atoms with Gasteiger partial charge in [0.1, 0.15) is 11.6 Å². The fourth-order valence-electron chi connectivity index (χ4n) is 2.40. The van der Waals surface area contributed by atoms with E-state index in [1.165, 1.54) is 0 Å². The Bertz CT molecular complexity index is 901. The third kappa shape index (κ3) is 2.55. The fraction of sp³-hybridized carbons (Fsp3) is 0.0526. The van der Waals surface area contributed by atoms with E-state index in [0.717, 1.165) is 16.7 Å². The Morgan fingerprint density at radius 2 is 1.64 bits per heavy atom. The summed E-state index contributed by atoms with van der Waals surface area (Å²) in [7, 11) is 0. The lowest BCUT2D eigenvalue weighted by molar-refractivity contribution is 1.22. The Labute approximate surface area is 128 Å². The van der Waals surface area contributed by atoms with Crippen molar-refractivity contribution in [1.29, 1.82) is 5.26 Å². The van der Waals surface area contributed by atoms with Crippen LogP contribution in [0.4, 0.5) is 0 Å². The summed E-state index contributed by atoms with van der Waals surface area (Å²) in [6.07, 6.45) is 0. The Kier molecular flexibility index (Phi) is 3.59. The van der Waals surface area contributed by atoms with E-state index in [1.807, 2.05) is 73.7 Å². The molecule has 0 aliphatic carbocycles. The Hall–Kier alpha value is -3.12. The van der Waals surface area contributed by atoms with E-state index >= 15 is 0 Å². The third-order valence-corrected chi connectivity index (χ3v) is 3.59. The second-order valence-electron chi connectivity index (χ2n) is 5.14. The van der Waals surface area contributed by atoms with E-state index in [9.17, 15) is 10.1 Å². The molecule has 0 saturated carbocycles. The number of nitrogens with one attached hydrogen (secondary N) is 1. The van der Waals surface area contributed by atoms with Crippen molar-refractivity contribution >= 4 is 0 Å². The first-order chi connectivity index (χ1) is 10.7. The van der Waals surface area contributed by atoms with Gasteiger partial charge in [-0.2, -0.15) is 5.26 Å². The molecule has 0 fully saturated rings. The maximum Gasteiger partial charge on any atom is 0.266 e. The normalized spacial score (nSPS) is 10.2. The van der Waals surface area contributed by atoms with Gasteiger partial charge in [-0.3, -0.25) is 4.79 Å². The molecule has 1 heterocycles. The molecule has 3 rings (SSSR count). The Morgan fingerprint density at radius 3 is 2.27 bits per heavy atom. The summed E-state index contributed by atoms with van der Waals surface area (Å²) < 4.78 is 0. The van der Waals surface area contributed by atoms with Crippen molar-refractivity contribution < 1.29 is 0 Å². The maximum atomic E-state index is 12.2. The number of aromatic amines is 1. The molecule has 0 radical (unpaired) electrons. The van der Waals surface area contributed by atoms with Gasteiger partial charge in [0.25, 0.3) is 5.56 Å². The van der Waals surface area contributed by atoms with E-state index in [4.69, 9.17) is 0 Å². The number of aromatic nitrogens is 1. The van der Waals surface area contributed by atoms with Crippen molar-refractivity contribution in [3.63, 3.8) is 0 Å². The highest BCUT2D eigenvalue weighted by Gasteiger charge is 2.12. The largest absolute Gasteiger partial charge is 0.321 e. The van der Waals surface area contributed by atoms with Crippen LogP contribution in [-0.4, -0.2) is 4.98 Å². The minimum atomic E-state index is -0.362. The van der Waals surface area contributed by atoms with Gasteiger partial charge in [0.15, 0.2) is 0 Å². The second kappa shape index (κ2) is 5.71. The first-order valence-electron chi connectivity index (χ1n) is 6.99. The van der Waals surface area contributed by atoms with E-state index < -0.39 is 0 Å². The monoisotopic (exact) mass is 286 g/mol.